The second kappa shape index (κ2) is 10.0. The molecule has 13 heavy (non-hydrogen) atoms. The summed E-state index contributed by atoms with van der Waals surface area (Å²) in [6, 6.07) is 0. The van der Waals surface area contributed by atoms with Crippen molar-refractivity contribution in [2.24, 2.45) is 11.8 Å². The van der Waals surface area contributed by atoms with Crippen molar-refractivity contribution in [3.05, 3.63) is 0 Å². The molecule has 0 aromatic carbocycles. The first-order chi connectivity index (χ1) is 6.11. The molecule has 0 spiro atoms. The van der Waals surface area contributed by atoms with Crippen molar-refractivity contribution >= 4 is 0 Å². The summed E-state index contributed by atoms with van der Waals surface area (Å²) in [4.78, 5) is 2.40. The summed E-state index contributed by atoms with van der Waals surface area (Å²) in [5, 5.41) is 0. The number of methoxy groups -OCH3 is 1. The van der Waals surface area contributed by atoms with E-state index in [-0.39, 0.29) is 0 Å². The number of likely N-dealkylation sites (tertiary alicyclic amines) is 1. The van der Waals surface area contributed by atoms with Crippen molar-refractivity contribution in [1.82, 2.24) is 4.90 Å². The van der Waals surface area contributed by atoms with E-state index < -0.39 is 0 Å². The Labute approximate surface area is 84.3 Å². The first-order valence-corrected chi connectivity index (χ1v) is 5.20. The van der Waals surface area contributed by atoms with Gasteiger partial charge < -0.3 is 9.64 Å². The highest BCUT2D eigenvalue weighted by atomic mass is 16.4. The van der Waals surface area contributed by atoms with Crippen molar-refractivity contribution in [2.45, 2.75) is 27.7 Å². The van der Waals surface area contributed by atoms with Crippen molar-refractivity contribution < 1.29 is 4.74 Å². The van der Waals surface area contributed by atoms with Gasteiger partial charge >= 0.3 is 0 Å². The average Bonchev–Trinajstić information content (AvgIpc) is 2.35. The van der Waals surface area contributed by atoms with Gasteiger partial charge in [0.2, 0.25) is 0 Å². The summed E-state index contributed by atoms with van der Waals surface area (Å²) < 4.78 is 4.25. The highest BCUT2D eigenvalue weighted by Gasteiger charge is 2.22. The molecule has 82 valence electrons. The number of hydrogen-bond acceptors (Lipinski definition) is 2. The van der Waals surface area contributed by atoms with Gasteiger partial charge in [-0.2, -0.15) is 0 Å². The summed E-state index contributed by atoms with van der Waals surface area (Å²) in [5.74, 6) is 1.83. The fourth-order valence-corrected chi connectivity index (χ4v) is 1.42. The van der Waals surface area contributed by atoms with Gasteiger partial charge in [0.1, 0.15) is 0 Å². The standard InChI is InChI=1S/C7H15N.C2H6O.C2H6/c1-6-4-8(3)5-7(6)2;1-3-2;1-2/h6-7H,4-5H2,1-3H3;1-2H3;1-2H3/t6-,7?;;/m0../s1. The molecule has 0 aromatic heterocycles. The highest BCUT2D eigenvalue weighted by molar-refractivity contribution is 4.75. The first-order valence-electron chi connectivity index (χ1n) is 5.20. The van der Waals surface area contributed by atoms with Crippen LogP contribution in [0.1, 0.15) is 27.7 Å². The number of ether oxygens (including phenoxy) is 1. The topological polar surface area (TPSA) is 12.5 Å². The zero-order valence-corrected chi connectivity index (χ0v) is 10.4. The highest BCUT2D eigenvalue weighted by Crippen LogP contribution is 2.19. The Balaban J connectivity index is 0. The molecule has 1 fully saturated rings. The monoisotopic (exact) mass is 189 g/mol. The third-order valence-electron chi connectivity index (χ3n) is 2.17. The van der Waals surface area contributed by atoms with Crippen LogP contribution >= 0.6 is 0 Å². The maximum atomic E-state index is 4.25. The number of hydrogen-bond donors (Lipinski definition) is 0. The van der Waals surface area contributed by atoms with Gasteiger partial charge in [0.25, 0.3) is 0 Å². The Kier molecular flexibility index (Phi) is 11.8. The molecule has 0 aliphatic carbocycles. The van der Waals surface area contributed by atoms with E-state index in [1.165, 1.54) is 13.1 Å². The van der Waals surface area contributed by atoms with Crippen molar-refractivity contribution in [3.63, 3.8) is 0 Å². The van der Waals surface area contributed by atoms with E-state index in [1.807, 2.05) is 13.8 Å². The fraction of sp³-hybridized carbons (Fsp3) is 1.00. The summed E-state index contributed by atoms with van der Waals surface area (Å²) >= 11 is 0. The molecule has 0 bridgehead atoms. The fourth-order valence-electron chi connectivity index (χ4n) is 1.42. The average molecular weight is 189 g/mol. The smallest absolute Gasteiger partial charge is 0.0351 e. The zero-order valence-electron chi connectivity index (χ0n) is 10.4. The first kappa shape index (κ1) is 15.4. The van der Waals surface area contributed by atoms with Crippen LogP contribution in [0.4, 0.5) is 0 Å². The van der Waals surface area contributed by atoms with Crippen LogP contribution in [0.15, 0.2) is 0 Å². The quantitative estimate of drug-likeness (QED) is 0.580. The minimum absolute atomic E-state index is 0.917. The molecule has 1 heterocycles. The maximum Gasteiger partial charge on any atom is 0.0351 e. The third kappa shape index (κ3) is 8.26. The van der Waals surface area contributed by atoms with Crippen molar-refractivity contribution in [2.75, 3.05) is 34.4 Å². The second-order valence-electron chi connectivity index (χ2n) is 3.58. The number of rotatable bonds is 0. The van der Waals surface area contributed by atoms with E-state index in [0.29, 0.717) is 0 Å². The van der Waals surface area contributed by atoms with E-state index in [4.69, 9.17) is 0 Å². The number of nitrogens with zero attached hydrogens (tertiary/aromatic N) is 1. The molecule has 1 aliphatic rings. The summed E-state index contributed by atoms with van der Waals surface area (Å²) in [5.41, 5.74) is 0. The predicted molar refractivity (Wildman–Crippen MR) is 60.1 cm³/mol. The van der Waals surface area contributed by atoms with Crippen molar-refractivity contribution in [1.29, 1.82) is 0 Å². The Bertz CT molecular complexity index is 86.1. The molecule has 0 aromatic rings. The molecule has 1 saturated heterocycles. The van der Waals surface area contributed by atoms with Crippen LogP contribution in [-0.2, 0) is 4.74 Å². The molecule has 2 nitrogen and oxygen atoms in total. The van der Waals surface area contributed by atoms with Gasteiger partial charge in [-0.05, 0) is 18.9 Å². The van der Waals surface area contributed by atoms with E-state index in [1.54, 1.807) is 14.2 Å². The van der Waals surface area contributed by atoms with Gasteiger partial charge in [-0.3, -0.25) is 0 Å². The molecule has 0 radical (unpaired) electrons. The SMILES string of the molecule is CC.CC1CN(C)C[C@@H]1C.COC. The van der Waals surface area contributed by atoms with Crippen LogP contribution in [0.3, 0.4) is 0 Å². The normalized spacial score (nSPS) is 27.0. The molecule has 0 N–H and O–H groups in total. The summed E-state index contributed by atoms with van der Waals surface area (Å²) in [6.45, 7) is 11.2. The third-order valence-corrected chi connectivity index (χ3v) is 2.17. The van der Waals surface area contributed by atoms with E-state index in [2.05, 4.69) is 30.5 Å². The van der Waals surface area contributed by atoms with Crippen LogP contribution in [-0.4, -0.2) is 39.3 Å². The molecule has 2 atom stereocenters. The lowest BCUT2D eigenvalue weighted by molar-refractivity contribution is 0.277. The molecular weight excluding hydrogens is 162 g/mol. The van der Waals surface area contributed by atoms with Crippen LogP contribution in [0, 0.1) is 11.8 Å². The molecule has 0 saturated carbocycles. The largest absolute Gasteiger partial charge is 0.388 e. The van der Waals surface area contributed by atoms with E-state index in [0.717, 1.165) is 11.8 Å². The lowest BCUT2D eigenvalue weighted by Crippen LogP contribution is -2.13. The van der Waals surface area contributed by atoms with Crippen molar-refractivity contribution in [3.8, 4) is 0 Å². The van der Waals surface area contributed by atoms with Gasteiger partial charge in [0, 0.05) is 27.3 Å². The van der Waals surface area contributed by atoms with Gasteiger partial charge in [-0.1, -0.05) is 27.7 Å². The summed E-state index contributed by atoms with van der Waals surface area (Å²) in [6.07, 6.45) is 0. The minimum Gasteiger partial charge on any atom is -0.388 e. The van der Waals surface area contributed by atoms with Gasteiger partial charge in [0.15, 0.2) is 0 Å². The van der Waals surface area contributed by atoms with Gasteiger partial charge in [-0.25, -0.2) is 0 Å². The molecule has 1 unspecified atom stereocenters. The Morgan fingerprint density at radius 3 is 1.31 bits per heavy atom. The second-order valence-corrected chi connectivity index (χ2v) is 3.58. The van der Waals surface area contributed by atoms with Gasteiger partial charge in [-0.15, -0.1) is 0 Å². The zero-order chi connectivity index (χ0) is 10.9. The Hall–Kier alpha value is -0.0800. The van der Waals surface area contributed by atoms with E-state index >= 15 is 0 Å². The predicted octanol–water partition coefficient (Wildman–Crippen LogP) is 2.49. The van der Waals surface area contributed by atoms with Crippen LogP contribution in [0.5, 0.6) is 0 Å². The molecule has 1 aliphatic heterocycles. The Morgan fingerprint density at radius 2 is 1.23 bits per heavy atom. The molecular formula is C11H27NO. The molecule has 2 heteroatoms. The lowest BCUT2D eigenvalue weighted by atomic mass is 10.0. The maximum absolute atomic E-state index is 4.25. The van der Waals surface area contributed by atoms with Crippen LogP contribution < -0.4 is 0 Å². The lowest BCUT2D eigenvalue weighted by Gasteiger charge is -2.03. The van der Waals surface area contributed by atoms with E-state index in [9.17, 15) is 0 Å². The Morgan fingerprint density at radius 1 is 1.00 bits per heavy atom. The van der Waals surface area contributed by atoms with Gasteiger partial charge in [0.05, 0.1) is 0 Å². The molecule has 0 amide bonds. The summed E-state index contributed by atoms with van der Waals surface area (Å²) in [7, 11) is 5.44. The van der Waals surface area contributed by atoms with Crippen LogP contribution in [0.2, 0.25) is 0 Å². The molecule has 1 rings (SSSR count). The van der Waals surface area contributed by atoms with Crippen LogP contribution in [0.25, 0.3) is 0 Å². The minimum atomic E-state index is 0.917.